The molecule has 1 aromatic carbocycles. The number of hydrogen-bond acceptors (Lipinski definition) is 4. The van der Waals surface area contributed by atoms with Crippen LogP contribution in [0.3, 0.4) is 0 Å². The minimum atomic E-state index is -0.726. The molecule has 1 N–H and O–H groups in total. The van der Waals surface area contributed by atoms with Crippen LogP contribution in [0.1, 0.15) is 54.5 Å². The third-order valence-electron chi connectivity index (χ3n) is 3.89. The molecule has 2 aromatic rings. The quantitative estimate of drug-likeness (QED) is 0.861. The highest BCUT2D eigenvalue weighted by molar-refractivity contribution is 5.93. The molecule has 0 aliphatic carbocycles. The number of rotatable bonds is 2. The Morgan fingerprint density at radius 1 is 1.38 bits per heavy atom. The molecule has 5 heteroatoms. The molecule has 1 aliphatic rings. The molecule has 1 aliphatic heterocycles. The predicted octanol–water partition coefficient (Wildman–Crippen LogP) is 2.47. The average molecular weight is 286 g/mol. The molecule has 0 saturated heterocycles. The van der Waals surface area contributed by atoms with Crippen LogP contribution in [-0.4, -0.2) is 26.2 Å². The molecule has 3 rings (SSSR count). The number of carbonyl (C=O) groups is 1. The first-order valence-corrected chi connectivity index (χ1v) is 6.94. The van der Waals surface area contributed by atoms with Gasteiger partial charge < -0.3 is 14.4 Å². The number of benzene rings is 1. The monoisotopic (exact) mass is 286 g/mol. The standard InChI is InChI=1S/C16H18N2O3/c1-10(19)13-8-17-9-18(13)14-11-6-4-5-7-12(11)15(20)21-16(14,2)3/h4-10,14,19H,1-3H3. The lowest BCUT2D eigenvalue weighted by molar-refractivity contribution is -0.0273. The molecule has 1 aromatic heterocycles. The van der Waals surface area contributed by atoms with Gasteiger partial charge in [-0.25, -0.2) is 9.78 Å². The third kappa shape index (κ3) is 2.14. The van der Waals surface area contributed by atoms with Crippen LogP contribution >= 0.6 is 0 Å². The molecule has 0 spiro atoms. The van der Waals surface area contributed by atoms with E-state index in [1.807, 2.05) is 36.6 Å². The second kappa shape index (κ2) is 4.70. The summed E-state index contributed by atoms with van der Waals surface area (Å²) in [7, 11) is 0. The largest absolute Gasteiger partial charge is 0.453 e. The van der Waals surface area contributed by atoms with Gasteiger partial charge in [0.15, 0.2) is 0 Å². The van der Waals surface area contributed by atoms with E-state index in [9.17, 15) is 9.90 Å². The summed E-state index contributed by atoms with van der Waals surface area (Å²) in [6, 6.07) is 7.18. The fraction of sp³-hybridized carbons (Fsp3) is 0.375. The molecule has 2 unspecified atom stereocenters. The van der Waals surface area contributed by atoms with Crippen molar-refractivity contribution in [3.8, 4) is 0 Å². The summed E-state index contributed by atoms with van der Waals surface area (Å²) in [5.74, 6) is -0.314. The number of fused-ring (bicyclic) bond motifs is 1. The zero-order valence-corrected chi connectivity index (χ0v) is 12.3. The van der Waals surface area contributed by atoms with Gasteiger partial charge >= 0.3 is 5.97 Å². The SMILES string of the molecule is CC(O)c1cncn1C1c2ccccc2C(=O)OC1(C)C. The van der Waals surface area contributed by atoms with Gasteiger partial charge in [-0.2, -0.15) is 0 Å². The van der Waals surface area contributed by atoms with E-state index in [-0.39, 0.29) is 12.0 Å². The van der Waals surface area contributed by atoms with Gasteiger partial charge in [-0.1, -0.05) is 18.2 Å². The Kier molecular flexibility index (Phi) is 3.10. The lowest BCUT2D eigenvalue weighted by Gasteiger charge is -2.40. The fourth-order valence-electron chi connectivity index (χ4n) is 2.98. The minimum absolute atomic E-state index is 0.224. The van der Waals surface area contributed by atoms with Crippen LogP contribution in [0.25, 0.3) is 0 Å². The molecule has 0 fully saturated rings. The highest BCUT2D eigenvalue weighted by Crippen LogP contribution is 2.40. The Morgan fingerprint density at radius 3 is 2.81 bits per heavy atom. The maximum Gasteiger partial charge on any atom is 0.339 e. The van der Waals surface area contributed by atoms with E-state index >= 15 is 0 Å². The van der Waals surface area contributed by atoms with Crippen molar-refractivity contribution in [3.05, 3.63) is 53.6 Å². The second-order valence-corrected chi connectivity index (χ2v) is 5.88. The Hall–Kier alpha value is -2.14. The summed E-state index contributed by atoms with van der Waals surface area (Å²) < 4.78 is 7.49. The smallest absolute Gasteiger partial charge is 0.339 e. The molecule has 0 bridgehead atoms. The molecule has 0 saturated carbocycles. The first kappa shape index (κ1) is 13.8. The van der Waals surface area contributed by atoms with Crippen LogP contribution < -0.4 is 0 Å². The maximum atomic E-state index is 12.1. The van der Waals surface area contributed by atoms with Gasteiger partial charge in [0.05, 0.1) is 35.9 Å². The van der Waals surface area contributed by atoms with E-state index in [1.165, 1.54) is 0 Å². The molecule has 2 heterocycles. The van der Waals surface area contributed by atoms with Crippen molar-refractivity contribution in [1.29, 1.82) is 0 Å². The van der Waals surface area contributed by atoms with Crippen molar-refractivity contribution in [3.63, 3.8) is 0 Å². The number of aliphatic hydroxyl groups excluding tert-OH is 1. The summed E-state index contributed by atoms with van der Waals surface area (Å²) in [6.07, 6.45) is 2.66. The number of nitrogens with zero attached hydrogens (tertiary/aromatic N) is 2. The van der Waals surface area contributed by atoms with Crippen molar-refractivity contribution in [2.24, 2.45) is 0 Å². The molecule has 110 valence electrons. The molecular formula is C16H18N2O3. The van der Waals surface area contributed by atoms with Gasteiger partial charge in [0.1, 0.15) is 5.60 Å². The summed E-state index contributed by atoms with van der Waals surface area (Å²) in [6.45, 7) is 5.44. The number of aliphatic hydroxyl groups is 1. The fourth-order valence-corrected chi connectivity index (χ4v) is 2.98. The van der Waals surface area contributed by atoms with Crippen molar-refractivity contribution in [2.75, 3.05) is 0 Å². The van der Waals surface area contributed by atoms with Crippen LogP contribution in [0.2, 0.25) is 0 Å². The predicted molar refractivity (Wildman–Crippen MR) is 76.9 cm³/mol. The summed E-state index contributed by atoms with van der Waals surface area (Å²) in [5.41, 5.74) is 1.42. The first-order chi connectivity index (χ1) is 9.92. The zero-order chi connectivity index (χ0) is 15.2. The number of imidazole rings is 1. The Balaban J connectivity index is 2.22. The summed E-state index contributed by atoms with van der Waals surface area (Å²) in [4.78, 5) is 16.3. The van der Waals surface area contributed by atoms with E-state index < -0.39 is 11.7 Å². The van der Waals surface area contributed by atoms with Gasteiger partial charge in [-0.3, -0.25) is 0 Å². The number of carbonyl (C=O) groups excluding carboxylic acids is 1. The lowest BCUT2D eigenvalue weighted by atomic mass is 9.85. The summed E-state index contributed by atoms with van der Waals surface area (Å²) >= 11 is 0. The first-order valence-electron chi connectivity index (χ1n) is 6.94. The molecule has 0 amide bonds. The topological polar surface area (TPSA) is 64.4 Å². The van der Waals surface area contributed by atoms with E-state index in [4.69, 9.17) is 4.74 Å². The number of esters is 1. The van der Waals surface area contributed by atoms with E-state index in [2.05, 4.69) is 4.98 Å². The van der Waals surface area contributed by atoms with Gasteiger partial charge in [0, 0.05) is 0 Å². The average Bonchev–Trinajstić information content (AvgIpc) is 2.87. The van der Waals surface area contributed by atoms with Crippen LogP contribution in [0.5, 0.6) is 0 Å². The Morgan fingerprint density at radius 2 is 2.10 bits per heavy atom. The lowest BCUT2D eigenvalue weighted by Crippen LogP contribution is -2.44. The van der Waals surface area contributed by atoms with Crippen LogP contribution in [0.4, 0.5) is 0 Å². The second-order valence-electron chi connectivity index (χ2n) is 5.88. The van der Waals surface area contributed by atoms with Crippen molar-refractivity contribution in [2.45, 2.75) is 38.5 Å². The van der Waals surface area contributed by atoms with Crippen molar-refractivity contribution >= 4 is 5.97 Å². The molecule has 21 heavy (non-hydrogen) atoms. The van der Waals surface area contributed by atoms with Crippen molar-refractivity contribution < 1.29 is 14.6 Å². The maximum absolute atomic E-state index is 12.1. The van der Waals surface area contributed by atoms with Gasteiger partial charge in [-0.05, 0) is 32.4 Å². The van der Waals surface area contributed by atoms with Crippen LogP contribution in [0.15, 0.2) is 36.8 Å². The number of hydrogen-bond donors (Lipinski definition) is 1. The van der Waals surface area contributed by atoms with Gasteiger partial charge in [0.2, 0.25) is 0 Å². The van der Waals surface area contributed by atoms with Crippen LogP contribution in [0, 0.1) is 0 Å². The van der Waals surface area contributed by atoms with Crippen molar-refractivity contribution in [1.82, 2.24) is 9.55 Å². The normalized spacial score (nSPS) is 21.5. The van der Waals surface area contributed by atoms with Gasteiger partial charge in [0.25, 0.3) is 0 Å². The van der Waals surface area contributed by atoms with E-state index in [0.717, 1.165) is 5.56 Å². The zero-order valence-electron chi connectivity index (χ0n) is 12.3. The Bertz CT molecular complexity index is 688. The third-order valence-corrected chi connectivity index (χ3v) is 3.89. The number of cyclic esters (lactones) is 1. The molecular weight excluding hydrogens is 268 g/mol. The molecule has 5 nitrogen and oxygen atoms in total. The highest BCUT2D eigenvalue weighted by atomic mass is 16.6. The van der Waals surface area contributed by atoms with Crippen LogP contribution in [-0.2, 0) is 4.74 Å². The van der Waals surface area contributed by atoms with E-state index in [1.54, 1.807) is 25.5 Å². The van der Waals surface area contributed by atoms with E-state index in [0.29, 0.717) is 11.3 Å². The summed E-state index contributed by atoms with van der Waals surface area (Å²) in [5, 5.41) is 9.93. The molecule has 0 radical (unpaired) electrons. The Labute approximate surface area is 123 Å². The number of aromatic nitrogens is 2. The highest BCUT2D eigenvalue weighted by Gasteiger charge is 2.43. The number of ether oxygens (including phenoxy) is 1. The molecule has 2 atom stereocenters. The van der Waals surface area contributed by atoms with Gasteiger partial charge in [-0.15, -0.1) is 0 Å². The minimum Gasteiger partial charge on any atom is -0.453 e.